The van der Waals surface area contributed by atoms with Gasteiger partial charge in [-0.15, -0.1) is 11.3 Å². The molecule has 100 valence electrons. The smallest absolute Gasteiger partial charge is 0.140 e. The molecule has 2 fully saturated rings. The van der Waals surface area contributed by atoms with E-state index in [1.165, 1.54) is 23.1 Å². The molecule has 19 heavy (non-hydrogen) atoms. The van der Waals surface area contributed by atoms with Crippen molar-refractivity contribution >= 4 is 27.4 Å². The summed E-state index contributed by atoms with van der Waals surface area (Å²) in [6.45, 7) is 4.07. The second-order valence-corrected chi connectivity index (χ2v) is 6.96. The van der Waals surface area contributed by atoms with Gasteiger partial charge in [-0.05, 0) is 31.2 Å². The highest BCUT2D eigenvalue weighted by Crippen LogP contribution is 2.45. The molecule has 1 aliphatic carbocycles. The highest BCUT2D eigenvalue weighted by Gasteiger charge is 2.50. The zero-order valence-electron chi connectivity index (χ0n) is 11.1. The molecule has 2 aromatic rings. The van der Waals surface area contributed by atoms with Crippen molar-refractivity contribution in [2.24, 2.45) is 11.7 Å². The van der Waals surface area contributed by atoms with Crippen molar-refractivity contribution in [1.29, 1.82) is 0 Å². The Labute approximate surface area is 116 Å². The van der Waals surface area contributed by atoms with E-state index in [2.05, 4.69) is 27.9 Å². The van der Waals surface area contributed by atoms with Gasteiger partial charge in [0.2, 0.25) is 0 Å². The van der Waals surface area contributed by atoms with Gasteiger partial charge in [-0.2, -0.15) is 0 Å². The number of aromatic nitrogens is 2. The highest BCUT2D eigenvalue weighted by molar-refractivity contribution is 7.18. The van der Waals surface area contributed by atoms with E-state index in [1.54, 1.807) is 17.7 Å². The summed E-state index contributed by atoms with van der Waals surface area (Å²) in [6.07, 6.45) is 5.36. The summed E-state index contributed by atoms with van der Waals surface area (Å²) in [6, 6.07) is 2.24. The van der Waals surface area contributed by atoms with Crippen LogP contribution in [0.3, 0.4) is 0 Å². The van der Waals surface area contributed by atoms with Crippen molar-refractivity contribution in [2.45, 2.75) is 31.7 Å². The third kappa shape index (κ3) is 1.75. The van der Waals surface area contributed by atoms with Gasteiger partial charge in [0.05, 0.1) is 10.9 Å². The summed E-state index contributed by atoms with van der Waals surface area (Å²) in [5, 5.41) is 1.20. The first-order valence-corrected chi connectivity index (χ1v) is 7.78. The number of nitrogens with zero attached hydrogens (tertiary/aromatic N) is 3. The first-order valence-electron chi connectivity index (χ1n) is 6.97. The number of fused-ring (bicyclic) bond motifs is 1. The molecule has 2 N–H and O–H groups in total. The summed E-state index contributed by atoms with van der Waals surface area (Å²) in [5.74, 6) is 1.82. The largest absolute Gasteiger partial charge is 0.352 e. The Morgan fingerprint density at radius 3 is 2.89 bits per heavy atom. The quantitative estimate of drug-likeness (QED) is 0.932. The Morgan fingerprint density at radius 2 is 2.21 bits per heavy atom. The lowest BCUT2D eigenvalue weighted by molar-refractivity contribution is 0.290. The predicted molar refractivity (Wildman–Crippen MR) is 78.6 cm³/mol. The van der Waals surface area contributed by atoms with Crippen LogP contribution in [0.25, 0.3) is 10.2 Å². The average molecular weight is 274 g/mol. The van der Waals surface area contributed by atoms with Gasteiger partial charge < -0.3 is 10.6 Å². The molecule has 0 unspecified atom stereocenters. The second kappa shape index (κ2) is 3.90. The maximum atomic E-state index is 6.43. The molecule has 2 aromatic heterocycles. The Hall–Kier alpha value is -1.20. The van der Waals surface area contributed by atoms with Crippen LogP contribution in [0.2, 0.25) is 0 Å². The van der Waals surface area contributed by atoms with Crippen LogP contribution < -0.4 is 10.6 Å². The molecule has 1 saturated heterocycles. The molecule has 3 heterocycles. The third-order valence-corrected chi connectivity index (χ3v) is 5.56. The third-order valence-electron chi connectivity index (χ3n) is 4.37. The van der Waals surface area contributed by atoms with E-state index in [0.29, 0.717) is 0 Å². The van der Waals surface area contributed by atoms with Gasteiger partial charge in [-0.1, -0.05) is 6.92 Å². The number of hydrogen-bond donors (Lipinski definition) is 1. The van der Waals surface area contributed by atoms with Crippen molar-refractivity contribution in [2.75, 3.05) is 18.0 Å². The zero-order chi connectivity index (χ0) is 13.0. The number of anilines is 1. The van der Waals surface area contributed by atoms with Gasteiger partial charge in [0.25, 0.3) is 0 Å². The van der Waals surface area contributed by atoms with Gasteiger partial charge in [-0.25, -0.2) is 9.97 Å². The fourth-order valence-corrected chi connectivity index (χ4v) is 3.98. The van der Waals surface area contributed by atoms with Crippen LogP contribution >= 0.6 is 11.3 Å². The Morgan fingerprint density at radius 1 is 1.42 bits per heavy atom. The van der Waals surface area contributed by atoms with Gasteiger partial charge >= 0.3 is 0 Å². The molecule has 0 bridgehead atoms. The molecule has 2 aliphatic rings. The molecule has 0 aromatic carbocycles. The SMILES string of the molecule is CCc1cc2c(N3CC(N)(C4CC4)C3)ncnc2s1. The van der Waals surface area contributed by atoms with Crippen LogP contribution in [0.15, 0.2) is 12.4 Å². The first kappa shape index (κ1) is 11.6. The molecule has 0 spiro atoms. The Bertz CT molecular complexity index is 625. The van der Waals surface area contributed by atoms with Crippen LogP contribution in [0, 0.1) is 5.92 Å². The van der Waals surface area contributed by atoms with E-state index in [4.69, 9.17) is 5.73 Å². The normalized spacial score (nSPS) is 21.7. The fourth-order valence-electron chi connectivity index (χ4n) is 3.05. The maximum Gasteiger partial charge on any atom is 0.140 e. The molecular weight excluding hydrogens is 256 g/mol. The number of hydrogen-bond acceptors (Lipinski definition) is 5. The lowest BCUT2D eigenvalue weighted by Gasteiger charge is -2.49. The molecule has 0 amide bonds. The summed E-state index contributed by atoms with van der Waals surface area (Å²) in [7, 11) is 0. The summed E-state index contributed by atoms with van der Waals surface area (Å²) >= 11 is 1.77. The summed E-state index contributed by atoms with van der Waals surface area (Å²) < 4.78 is 0. The lowest BCUT2D eigenvalue weighted by Crippen LogP contribution is -2.69. The van der Waals surface area contributed by atoms with Crippen molar-refractivity contribution in [1.82, 2.24) is 9.97 Å². The molecule has 1 saturated carbocycles. The molecule has 0 radical (unpaired) electrons. The minimum atomic E-state index is 0.0425. The molecular formula is C14H18N4S. The Kier molecular flexibility index (Phi) is 2.38. The predicted octanol–water partition coefficient (Wildman–Crippen LogP) is 2.18. The lowest BCUT2D eigenvalue weighted by atomic mass is 9.85. The van der Waals surface area contributed by atoms with E-state index in [-0.39, 0.29) is 5.54 Å². The second-order valence-electron chi connectivity index (χ2n) is 5.85. The summed E-state index contributed by atoms with van der Waals surface area (Å²) in [4.78, 5) is 13.7. The van der Waals surface area contributed by atoms with Crippen molar-refractivity contribution < 1.29 is 0 Å². The van der Waals surface area contributed by atoms with E-state index >= 15 is 0 Å². The number of thiophene rings is 1. The molecule has 0 atom stereocenters. The standard InChI is InChI=1S/C14H18N4S/c1-2-10-5-11-12(16-8-17-13(11)19-10)18-6-14(15,7-18)9-3-4-9/h5,8-9H,2-4,6-7,15H2,1H3. The molecule has 4 rings (SSSR count). The Balaban J connectivity index is 1.66. The molecule has 1 aliphatic heterocycles. The van der Waals surface area contributed by atoms with Crippen LogP contribution in [0.4, 0.5) is 5.82 Å². The highest BCUT2D eigenvalue weighted by atomic mass is 32.1. The molecule has 5 heteroatoms. The van der Waals surface area contributed by atoms with Gasteiger partial charge in [-0.3, -0.25) is 0 Å². The van der Waals surface area contributed by atoms with Crippen molar-refractivity contribution in [3.63, 3.8) is 0 Å². The van der Waals surface area contributed by atoms with Gasteiger partial charge in [0.15, 0.2) is 0 Å². The monoisotopic (exact) mass is 274 g/mol. The minimum Gasteiger partial charge on any atom is -0.352 e. The fraction of sp³-hybridized carbons (Fsp3) is 0.571. The van der Waals surface area contributed by atoms with Crippen molar-refractivity contribution in [3.05, 3.63) is 17.3 Å². The summed E-state index contributed by atoms with van der Waals surface area (Å²) in [5.41, 5.74) is 6.47. The van der Waals surface area contributed by atoms with E-state index in [0.717, 1.165) is 36.1 Å². The van der Waals surface area contributed by atoms with Crippen LogP contribution in [-0.4, -0.2) is 28.6 Å². The first-order chi connectivity index (χ1) is 9.19. The zero-order valence-corrected chi connectivity index (χ0v) is 11.9. The van der Waals surface area contributed by atoms with Gasteiger partial charge in [0, 0.05) is 18.0 Å². The number of nitrogens with two attached hydrogens (primary N) is 1. The van der Waals surface area contributed by atoms with Crippen LogP contribution in [-0.2, 0) is 6.42 Å². The average Bonchev–Trinajstić information content (AvgIpc) is 3.14. The van der Waals surface area contributed by atoms with E-state index < -0.39 is 0 Å². The van der Waals surface area contributed by atoms with Gasteiger partial charge in [0.1, 0.15) is 17.0 Å². The van der Waals surface area contributed by atoms with Crippen LogP contribution in [0.5, 0.6) is 0 Å². The van der Waals surface area contributed by atoms with Crippen LogP contribution in [0.1, 0.15) is 24.6 Å². The maximum absolute atomic E-state index is 6.43. The van der Waals surface area contributed by atoms with E-state index in [1.807, 2.05) is 0 Å². The van der Waals surface area contributed by atoms with Crippen molar-refractivity contribution in [3.8, 4) is 0 Å². The minimum absolute atomic E-state index is 0.0425. The topological polar surface area (TPSA) is 55.0 Å². The number of rotatable bonds is 3. The number of aryl methyl sites for hydroxylation is 1. The van der Waals surface area contributed by atoms with E-state index in [9.17, 15) is 0 Å². The molecule has 4 nitrogen and oxygen atoms in total.